The molecule has 0 unspecified atom stereocenters. The minimum atomic E-state index is -0.343. The molecule has 4 nitrogen and oxygen atoms in total. The van der Waals surface area contributed by atoms with Crippen LogP contribution in [0.1, 0.15) is 39.6 Å². The van der Waals surface area contributed by atoms with Gasteiger partial charge in [0.1, 0.15) is 0 Å². The van der Waals surface area contributed by atoms with Crippen LogP contribution in [0.2, 0.25) is 0 Å². The molecule has 0 fully saturated rings. The molecule has 1 aromatic carbocycles. The first-order chi connectivity index (χ1) is 8.72. The maximum Gasteiger partial charge on any atom is 0.309 e. The molecule has 0 saturated carbocycles. The molecule has 1 aromatic rings. The summed E-state index contributed by atoms with van der Waals surface area (Å²) in [4.78, 5) is 32.8. The van der Waals surface area contributed by atoms with Gasteiger partial charge in [0.05, 0.1) is 13.0 Å². The third-order valence-corrected chi connectivity index (χ3v) is 2.30. The Morgan fingerprint density at radius 3 is 2.33 bits per heavy atom. The van der Waals surface area contributed by atoms with E-state index < -0.39 is 0 Å². The second kappa shape index (κ2) is 7.17. The highest BCUT2D eigenvalue weighted by Crippen LogP contribution is 2.14. The van der Waals surface area contributed by atoms with Gasteiger partial charge >= 0.3 is 5.97 Å². The number of rotatable bonds is 6. The lowest BCUT2D eigenvalue weighted by molar-refractivity contribution is -0.142. The standard InChI is InChI=1S/C14H14O4/c1-2-18-14(17)8-4-7-13-11(9-15)5-3-6-12(13)10-16/h3-7,9-10H,2,8H2,1H3. The first-order valence-electron chi connectivity index (χ1n) is 5.58. The summed E-state index contributed by atoms with van der Waals surface area (Å²) >= 11 is 0. The summed E-state index contributed by atoms with van der Waals surface area (Å²) < 4.78 is 4.76. The monoisotopic (exact) mass is 246 g/mol. The van der Waals surface area contributed by atoms with Gasteiger partial charge in [-0.1, -0.05) is 30.4 Å². The van der Waals surface area contributed by atoms with E-state index in [2.05, 4.69) is 0 Å². The van der Waals surface area contributed by atoms with Crippen LogP contribution in [0.25, 0.3) is 6.08 Å². The molecule has 1 rings (SSSR count). The zero-order valence-corrected chi connectivity index (χ0v) is 10.1. The molecule has 0 aliphatic heterocycles. The Morgan fingerprint density at radius 2 is 1.83 bits per heavy atom. The van der Waals surface area contributed by atoms with Gasteiger partial charge in [0.15, 0.2) is 12.6 Å². The first-order valence-corrected chi connectivity index (χ1v) is 5.58. The molecule has 0 saturated heterocycles. The summed E-state index contributed by atoms with van der Waals surface area (Å²) in [5, 5.41) is 0. The summed E-state index contributed by atoms with van der Waals surface area (Å²) in [5.41, 5.74) is 1.35. The van der Waals surface area contributed by atoms with Crippen molar-refractivity contribution in [1.82, 2.24) is 0 Å². The van der Waals surface area contributed by atoms with Crippen LogP contribution in [0.4, 0.5) is 0 Å². The molecule has 0 spiro atoms. The third kappa shape index (κ3) is 3.66. The van der Waals surface area contributed by atoms with E-state index in [0.29, 0.717) is 35.9 Å². The molecule has 0 aliphatic carbocycles. The quantitative estimate of drug-likeness (QED) is 0.570. The van der Waals surface area contributed by atoms with Crippen LogP contribution in [0, 0.1) is 0 Å². The fraction of sp³-hybridized carbons (Fsp3) is 0.214. The van der Waals surface area contributed by atoms with Gasteiger partial charge in [-0.3, -0.25) is 14.4 Å². The lowest BCUT2D eigenvalue weighted by Gasteiger charge is -2.02. The van der Waals surface area contributed by atoms with Crippen LogP contribution in [-0.4, -0.2) is 25.1 Å². The van der Waals surface area contributed by atoms with Crippen LogP contribution in [0.15, 0.2) is 24.3 Å². The summed E-state index contributed by atoms with van der Waals surface area (Å²) in [6.07, 6.45) is 4.63. The molecule has 0 radical (unpaired) electrons. The Labute approximate surface area is 105 Å². The zero-order chi connectivity index (χ0) is 13.4. The maximum atomic E-state index is 11.1. The number of hydrogen-bond acceptors (Lipinski definition) is 4. The average molecular weight is 246 g/mol. The van der Waals surface area contributed by atoms with Crippen molar-refractivity contribution in [2.45, 2.75) is 13.3 Å². The van der Waals surface area contributed by atoms with Gasteiger partial charge < -0.3 is 4.74 Å². The molecule has 18 heavy (non-hydrogen) atoms. The fourth-order valence-corrected chi connectivity index (χ4v) is 1.49. The van der Waals surface area contributed by atoms with E-state index in [0.717, 1.165) is 0 Å². The predicted molar refractivity (Wildman–Crippen MR) is 67.5 cm³/mol. The third-order valence-electron chi connectivity index (χ3n) is 2.30. The Bertz CT molecular complexity index is 448. The van der Waals surface area contributed by atoms with Crippen molar-refractivity contribution < 1.29 is 19.1 Å². The van der Waals surface area contributed by atoms with E-state index in [9.17, 15) is 14.4 Å². The molecular formula is C14H14O4. The zero-order valence-electron chi connectivity index (χ0n) is 10.1. The number of benzene rings is 1. The lowest BCUT2D eigenvalue weighted by Crippen LogP contribution is -2.01. The van der Waals surface area contributed by atoms with E-state index in [1.165, 1.54) is 0 Å². The Balaban J connectivity index is 2.88. The van der Waals surface area contributed by atoms with Crippen molar-refractivity contribution in [3.63, 3.8) is 0 Å². The van der Waals surface area contributed by atoms with Crippen molar-refractivity contribution in [3.05, 3.63) is 41.0 Å². The second-order valence-electron chi connectivity index (χ2n) is 3.50. The van der Waals surface area contributed by atoms with Crippen molar-refractivity contribution in [3.8, 4) is 0 Å². The van der Waals surface area contributed by atoms with Crippen LogP contribution in [0.5, 0.6) is 0 Å². The molecule has 0 heterocycles. The van der Waals surface area contributed by atoms with E-state index in [1.54, 1.807) is 37.3 Å². The van der Waals surface area contributed by atoms with Gasteiger partial charge in [-0.05, 0) is 12.5 Å². The van der Waals surface area contributed by atoms with Gasteiger partial charge in [-0.25, -0.2) is 0 Å². The van der Waals surface area contributed by atoms with Crippen LogP contribution >= 0.6 is 0 Å². The topological polar surface area (TPSA) is 60.4 Å². The Hall–Kier alpha value is -2.23. The van der Waals surface area contributed by atoms with E-state index in [1.807, 2.05) is 0 Å². The van der Waals surface area contributed by atoms with Crippen LogP contribution in [-0.2, 0) is 9.53 Å². The van der Waals surface area contributed by atoms with Crippen molar-refractivity contribution in [2.75, 3.05) is 6.61 Å². The molecule has 4 heteroatoms. The SMILES string of the molecule is CCOC(=O)CC=Cc1c(C=O)cccc1C=O. The highest BCUT2D eigenvalue weighted by molar-refractivity contribution is 5.91. The second-order valence-corrected chi connectivity index (χ2v) is 3.50. The molecule has 0 amide bonds. The molecule has 94 valence electrons. The van der Waals surface area contributed by atoms with E-state index in [-0.39, 0.29) is 12.4 Å². The Morgan fingerprint density at radius 1 is 1.22 bits per heavy atom. The van der Waals surface area contributed by atoms with Gasteiger partial charge in [0.2, 0.25) is 0 Å². The number of carbonyl (C=O) groups is 3. The number of aldehydes is 2. The maximum absolute atomic E-state index is 11.1. The van der Waals surface area contributed by atoms with Gasteiger partial charge in [-0.15, -0.1) is 0 Å². The molecule has 0 bridgehead atoms. The summed E-state index contributed by atoms with van der Waals surface area (Å²) in [7, 11) is 0. The van der Waals surface area contributed by atoms with Gasteiger partial charge in [-0.2, -0.15) is 0 Å². The predicted octanol–water partition coefficient (Wildman–Crippen LogP) is 2.28. The first kappa shape index (κ1) is 13.8. The van der Waals surface area contributed by atoms with Crippen molar-refractivity contribution in [2.24, 2.45) is 0 Å². The van der Waals surface area contributed by atoms with Crippen molar-refractivity contribution >= 4 is 24.6 Å². The van der Waals surface area contributed by atoms with Gasteiger partial charge in [0, 0.05) is 11.1 Å². The number of carbonyl (C=O) groups excluding carboxylic acids is 3. The number of hydrogen-bond donors (Lipinski definition) is 0. The molecular weight excluding hydrogens is 232 g/mol. The normalized spacial score (nSPS) is 10.3. The molecule has 0 aromatic heterocycles. The summed E-state index contributed by atoms with van der Waals surface area (Å²) in [5.74, 6) is -0.343. The molecule has 0 N–H and O–H groups in total. The summed E-state index contributed by atoms with van der Waals surface area (Å²) in [6.45, 7) is 2.06. The number of esters is 1. The Kier molecular flexibility index (Phi) is 5.51. The summed E-state index contributed by atoms with van der Waals surface area (Å²) in [6, 6.07) is 4.87. The number of ether oxygens (including phenoxy) is 1. The molecule has 0 aliphatic rings. The fourth-order valence-electron chi connectivity index (χ4n) is 1.49. The van der Waals surface area contributed by atoms with Crippen molar-refractivity contribution in [1.29, 1.82) is 0 Å². The highest BCUT2D eigenvalue weighted by atomic mass is 16.5. The minimum absolute atomic E-state index is 0.110. The lowest BCUT2D eigenvalue weighted by atomic mass is 10.0. The van der Waals surface area contributed by atoms with Crippen LogP contribution < -0.4 is 0 Å². The van der Waals surface area contributed by atoms with E-state index in [4.69, 9.17) is 4.74 Å². The average Bonchev–Trinajstić information content (AvgIpc) is 2.39. The van der Waals surface area contributed by atoms with E-state index >= 15 is 0 Å². The molecule has 0 atom stereocenters. The minimum Gasteiger partial charge on any atom is -0.466 e. The smallest absolute Gasteiger partial charge is 0.309 e. The van der Waals surface area contributed by atoms with Gasteiger partial charge in [0.25, 0.3) is 0 Å². The highest BCUT2D eigenvalue weighted by Gasteiger charge is 2.04. The largest absolute Gasteiger partial charge is 0.466 e. The van der Waals surface area contributed by atoms with Crippen LogP contribution in [0.3, 0.4) is 0 Å².